The van der Waals surface area contributed by atoms with Crippen LogP contribution in [-0.2, 0) is 11.2 Å². The van der Waals surface area contributed by atoms with Gasteiger partial charge in [-0.2, -0.15) is 0 Å². The van der Waals surface area contributed by atoms with E-state index in [0.717, 1.165) is 10.8 Å². The lowest BCUT2D eigenvalue weighted by Gasteiger charge is -1.96. The minimum Gasteiger partial charge on any atom is -0.385 e. The van der Waals surface area contributed by atoms with Crippen LogP contribution < -0.4 is 5.73 Å². The summed E-state index contributed by atoms with van der Waals surface area (Å²) in [7, 11) is 0. The molecule has 0 atom stereocenters. The van der Waals surface area contributed by atoms with Gasteiger partial charge in [-0.05, 0) is 5.56 Å². The lowest BCUT2D eigenvalue weighted by Crippen LogP contribution is -1.98. The van der Waals surface area contributed by atoms with Crippen molar-refractivity contribution in [1.82, 2.24) is 4.98 Å². The summed E-state index contributed by atoms with van der Waals surface area (Å²) in [6.45, 7) is 0. The molecule has 0 bridgehead atoms. The van der Waals surface area contributed by atoms with E-state index in [-0.39, 0.29) is 12.1 Å². The van der Waals surface area contributed by atoms with E-state index < -0.39 is 10.8 Å². The molecule has 0 saturated carbocycles. The zero-order valence-electron chi connectivity index (χ0n) is 12.5. The number of amides is 1. The Bertz CT molecular complexity index is 944. The summed E-state index contributed by atoms with van der Waals surface area (Å²) in [6, 6.07) is 13.1. The number of benzene rings is 2. The highest BCUT2D eigenvalue weighted by molar-refractivity contribution is 5.99. The van der Waals surface area contributed by atoms with Crippen LogP contribution in [0, 0.1) is 10.1 Å². The number of nitrogens with zero attached hydrogens (tertiary/aromatic N) is 3. The zero-order chi connectivity index (χ0) is 17.1. The van der Waals surface area contributed by atoms with Crippen LogP contribution >= 0.6 is 0 Å². The number of non-ortho nitro benzene ring substituents is 1. The van der Waals surface area contributed by atoms with E-state index in [1.54, 1.807) is 0 Å². The number of nitro groups is 1. The van der Waals surface area contributed by atoms with Gasteiger partial charge in [0, 0.05) is 22.9 Å². The summed E-state index contributed by atoms with van der Waals surface area (Å²) in [5.41, 5.74) is 6.45. The average Bonchev–Trinajstić information content (AvgIpc) is 2.90. The zero-order valence-corrected chi connectivity index (χ0v) is 12.5. The standard InChI is InChI=1S/C16H13N5O3/c17-15-12-3-1-2-4-13(12)16(18-15)20-19-14(22)9-10-5-7-11(8-6-10)21(23)24/h1-8,18H,9,17H2. The fourth-order valence-corrected chi connectivity index (χ4v) is 2.32. The number of hydrogen-bond acceptors (Lipinski definition) is 5. The fraction of sp³-hybridized carbons (Fsp3) is 0.0625. The minimum absolute atomic E-state index is 0.00954. The van der Waals surface area contributed by atoms with Gasteiger partial charge >= 0.3 is 0 Å². The molecule has 2 aromatic carbocycles. The lowest BCUT2D eigenvalue weighted by molar-refractivity contribution is -0.384. The smallest absolute Gasteiger partial charge is 0.269 e. The van der Waals surface area contributed by atoms with Crippen molar-refractivity contribution in [3.63, 3.8) is 0 Å². The van der Waals surface area contributed by atoms with E-state index in [2.05, 4.69) is 15.2 Å². The highest BCUT2D eigenvalue weighted by Gasteiger charge is 2.09. The first kappa shape index (κ1) is 15.3. The van der Waals surface area contributed by atoms with Crippen molar-refractivity contribution in [2.45, 2.75) is 6.42 Å². The molecule has 0 aliphatic carbocycles. The van der Waals surface area contributed by atoms with E-state index in [1.807, 2.05) is 24.3 Å². The van der Waals surface area contributed by atoms with Gasteiger partial charge in [0.2, 0.25) is 0 Å². The molecule has 0 spiro atoms. The molecule has 8 nitrogen and oxygen atoms in total. The SMILES string of the molecule is Nc1[nH]c(N=NC(=O)Cc2ccc([N+](=O)[O-])cc2)c2ccccc12. The van der Waals surface area contributed by atoms with E-state index in [9.17, 15) is 14.9 Å². The van der Waals surface area contributed by atoms with E-state index in [4.69, 9.17) is 5.73 Å². The maximum atomic E-state index is 11.9. The van der Waals surface area contributed by atoms with Crippen molar-refractivity contribution in [1.29, 1.82) is 0 Å². The number of azo groups is 1. The number of anilines is 1. The summed E-state index contributed by atoms with van der Waals surface area (Å²) in [5, 5.41) is 19.8. The van der Waals surface area contributed by atoms with Crippen molar-refractivity contribution >= 4 is 34.0 Å². The van der Waals surface area contributed by atoms with Crippen LogP contribution in [0.3, 0.4) is 0 Å². The molecule has 0 unspecified atom stereocenters. The van der Waals surface area contributed by atoms with E-state index >= 15 is 0 Å². The quantitative estimate of drug-likeness (QED) is 0.432. The Morgan fingerprint density at radius 3 is 2.46 bits per heavy atom. The number of nitrogens with two attached hydrogens (primary N) is 1. The molecule has 1 aromatic heterocycles. The summed E-state index contributed by atoms with van der Waals surface area (Å²) in [5.74, 6) is 0.420. The van der Waals surface area contributed by atoms with Crippen LogP contribution in [0.5, 0.6) is 0 Å². The summed E-state index contributed by atoms with van der Waals surface area (Å²) in [6.07, 6.45) is 0.00954. The molecule has 0 aliphatic heterocycles. The van der Waals surface area contributed by atoms with Gasteiger partial charge in [0.05, 0.1) is 11.3 Å². The topological polar surface area (TPSA) is 127 Å². The van der Waals surface area contributed by atoms with Crippen molar-refractivity contribution in [3.8, 4) is 0 Å². The first-order chi connectivity index (χ1) is 11.5. The number of H-pyrrole nitrogens is 1. The molecule has 0 saturated heterocycles. The summed E-state index contributed by atoms with van der Waals surface area (Å²) >= 11 is 0. The predicted octanol–water partition coefficient (Wildman–Crippen LogP) is 3.51. The molecule has 24 heavy (non-hydrogen) atoms. The number of nitrogen functional groups attached to an aromatic ring is 1. The minimum atomic E-state index is -0.494. The Kier molecular flexibility index (Phi) is 4.02. The Labute approximate surface area is 136 Å². The van der Waals surface area contributed by atoms with Crippen LogP contribution in [0.4, 0.5) is 17.3 Å². The molecule has 8 heteroatoms. The first-order valence-electron chi connectivity index (χ1n) is 7.08. The van der Waals surface area contributed by atoms with Crippen molar-refractivity contribution < 1.29 is 9.72 Å². The van der Waals surface area contributed by atoms with Crippen LogP contribution in [0.1, 0.15) is 5.56 Å². The third kappa shape index (κ3) is 3.12. The second-order valence-corrected chi connectivity index (χ2v) is 5.13. The molecule has 0 fully saturated rings. The number of aromatic amines is 1. The Hall–Kier alpha value is -3.55. The number of rotatable bonds is 4. The summed E-state index contributed by atoms with van der Waals surface area (Å²) in [4.78, 5) is 24.9. The van der Waals surface area contributed by atoms with Crippen molar-refractivity contribution in [2.75, 3.05) is 5.73 Å². The van der Waals surface area contributed by atoms with Gasteiger partial charge in [0.25, 0.3) is 11.6 Å². The molecule has 1 heterocycles. The highest BCUT2D eigenvalue weighted by atomic mass is 16.6. The van der Waals surface area contributed by atoms with Crippen molar-refractivity contribution in [2.24, 2.45) is 10.2 Å². The van der Waals surface area contributed by atoms with Gasteiger partial charge in [-0.15, -0.1) is 10.2 Å². The van der Waals surface area contributed by atoms with Crippen molar-refractivity contribution in [3.05, 3.63) is 64.2 Å². The second kappa shape index (κ2) is 6.29. The maximum absolute atomic E-state index is 11.9. The summed E-state index contributed by atoms with van der Waals surface area (Å²) < 4.78 is 0. The maximum Gasteiger partial charge on any atom is 0.269 e. The fourth-order valence-electron chi connectivity index (χ4n) is 2.32. The Morgan fingerprint density at radius 2 is 1.79 bits per heavy atom. The molecule has 3 aromatic rings. The number of aromatic nitrogens is 1. The predicted molar refractivity (Wildman–Crippen MR) is 89.0 cm³/mol. The van der Waals surface area contributed by atoms with Gasteiger partial charge in [-0.25, -0.2) is 0 Å². The molecular weight excluding hydrogens is 310 g/mol. The number of fused-ring (bicyclic) bond motifs is 1. The number of carbonyl (C=O) groups is 1. The molecule has 0 aliphatic rings. The Morgan fingerprint density at radius 1 is 1.12 bits per heavy atom. The number of carbonyl (C=O) groups excluding carboxylic acids is 1. The number of nitrogens with one attached hydrogen (secondary N) is 1. The van der Waals surface area contributed by atoms with E-state index in [1.165, 1.54) is 24.3 Å². The normalized spacial score (nSPS) is 11.2. The van der Waals surface area contributed by atoms with Crippen LogP contribution in [0.25, 0.3) is 10.8 Å². The highest BCUT2D eigenvalue weighted by Crippen LogP contribution is 2.30. The second-order valence-electron chi connectivity index (χ2n) is 5.13. The molecule has 3 N–H and O–H groups in total. The third-order valence-corrected chi connectivity index (χ3v) is 3.49. The van der Waals surface area contributed by atoms with Gasteiger partial charge < -0.3 is 10.7 Å². The molecular formula is C16H13N5O3. The molecule has 120 valence electrons. The molecule has 1 amide bonds. The number of hydrogen-bond donors (Lipinski definition) is 2. The van der Waals surface area contributed by atoms with Crippen LogP contribution in [0.15, 0.2) is 58.8 Å². The van der Waals surface area contributed by atoms with Gasteiger partial charge in [0.15, 0.2) is 5.82 Å². The number of nitro benzene ring substituents is 1. The largest absolute Gasteiger partial charge is 0.385 e. The first-order valence-corrected chi connectivity index (χ1v) is 7.08. The van der Waals surface area contributed by atoms with Gasteiger partial charge in [-0.3, -0.25) is 14.9 Å². The van der Waals surface area contributed by atoms with Crippen LogP contribution in [0.2, 0.25) is 0 Å². The van der Waals surface area contributed by atoms with Gasteiger partial charge in [-0.1, -0.05) is 36.4 Å². The average molecular weight is 323 g/mol. The van der Waals surface area contributed by atoms with E-state index in [0.29, 0.717) is 17.2 Å². The lowest BCUT2D eigenvalue weighted by atomic mass is 10.1. The third-order valence-electron chi connectivity index (χ3n) is 3.49. The molecule has 3 rings (SSSR count). The van der Waals surface area contributed by atoms with Gasteiger partial charge in [0.1, 0.15) is 5.82 Å². The van der Waals surface area contributed by atoms with Crippen LogP contribution in [-0.4, -0.2) is 15.8 Å². The molecule has 0 radical (unpaired) electrons. The monoisotopic (exact) mass is 323 g/mol. The Balaban J connectivity index is 1.74.